The van der Waals surface area contributed by atoms with Crippen molar-refractivity contribution < 1.29 is 13.2 Å². The van der Waals surface area contributed by atoms with Gasteiger partial charge in [0.05, 0.1) is 4.90 Å². The quantitative estimate of drug-likeness (QED) is 0.793. The zero-order valence-electron chi connectivity index (χ0n) is 13.1. The molecule has 1 heterocycles. The Morgan fingerprint density at radius 1 is 1.00 bits per heavy atom. The van der Waals surface area contributed by atoms with Gasteiger partial charge in [-0.1, -0.05) is 30.4 Å². The highest BCUT2D eigenvalue weighted by atomic mass is 32.2. The number of piperazine rings is 1. The maximum absolute atomic E-state index is 12.6. The molecule has 124 valence electrons. The molecule has 23 heavy (non-hydrogen) atoms. The first-order valence-electron chi connectivity index (χ1n) is 8.08. The average Bonchev–Trinajstić information content (AvgIpc) is 2.63. The van der Waals surface area contributed by atoms with Crippen LogP contribution in [-0.2, 0) is 14.8 Å². The van der Waals surface area contributed by atoms with Gasteiger partial charge >= 0.3 is 0 Å². The molecular weight excluding hydrogens is 312 g/mol. The first-order valence-corrected chi connectivity index (χ1v) is 9.52. The molecule has 0 bridgehead atoms. The van der Waals surface area contributed by atoms with E-state index in [9.17, 15) is 13.2 Å². The average molecular weight is 334 g/mol. The number of nitrogens with zero attached hydrogens (tertiary/aromatic N) is 2. The van der Waals surface area contributed by atoms with E-state index in [1.165, 1.54) is 4.31 Å². The fourth-order valence-corrected chi connectivity index (χ4v) is 4.61. The molecule has 6 heteroatoms. The van der Waals surface area contributed by atoms with Crippen LogP contribution >= 0.6 is 0 Å². The third kappa shape index (κ3) is 3.48. The lowest BCUT2D eigenvalue weighted by atomic mass is 9.93. The van der Waals surface area contributed by atoms with E-state index in [4.69, 9.17) is 0 Å². The summed E-state index contributed by atoms with van der Waals surface area (Å²) in [4.78, 5) is 14.6. The SMILES string of the molecule is O=C(C1CC=CCC1)N1CCN(S(=O)(=O)c2ccccc2)CC1. The van der Waals surface area contributed by atoms with Crippen molar-refractivity contribution in [1.82, 2.24) is 9.21 Å². The number of sulfonamides is 1. The number of rotatable bonds is 3. The molecule has 0 radical (unpaired) electrons. The van der Waals surface area contributed by atoms with E-state index in [1.54, 1.807) is 30.3 Å². The van der Waals surface area contributed by atoms with E-state index >= 15 is 0 Å². The molecule has 1 saturated heterocycles. The Hall–Kier alpha value is -1.66. The molecule has 0 aromatic heterocycles. The predicted octanol–water partition coefficient (Wildman–Crippen LogP) is 1.88. The van der Waals surface area contributed by atoms with Gasteiger partial charge < -0.3 is 4.90 Å². The summed E-state index contributed by atoms with van der Waals surface area (Å²) < 4.78 is 26.6. The van der Waals surface area contributed by atoms with Crippen molar-refractivity contribution in [1.29, 1.82) is 0 Å². The summed E-state index contributed by atoms with van der Waals surface area (Å²) in [7, 11) is -3.45. The number of hydrogen-bond donors (Lipinski definition) is 0. The number of carbonyl (C=O) groups is 1. The normalized spacial score (nSPS) is 23.0. The van der Waals surface area contributed by atoms with Crippen molar-refractivity contribution in [2.75, 3.05) is 26.2 Å². The molecule has 0 saturated carbocycles. The van der Waals surface area contributed by atoms with Crippen molar-refractivity contribution in [3.8, 4) is 0 Å². The molecule has 1 atom stereocenters. The van der Waals surface area contributed by atoms with Crippen LogP contribution in [0.1, 0.15) is 19.3 Å². The molecule has 1 aromatic carbocycles. The lowest BCUT2D eigenvalue weighted by Crippen LogP contribution is -2.51. The summed E-state index contributed by atoms with van der Waals surface area (Å²) in [5.74, 6) is 0.239. The third-order valence-corrected chi connectivity index (χ3v) is 6.46. The second kappa shape index (κ2) is 6.84. The molecule has 3 rings (SSSR count). The number of carbonyl (C=O) groups excluding carboxylic acids is 1. The Labute approximate surface area is 137 Å². The zero-order chi connectivity index (χ0) is 16.3. The van der Waals surface area contributed by atoms with Crippen LogP contribution in [0.2, 0.25) is 0 Å². The molecule has 0 N–H and O–H groups in total. The molecule has 5 nitrogen and oxygen atoms in total. The van der Waals surface area contributed by atoms with Crippen LogP contribution in [-0.4, -0.2) is 49.7 Å². The molecule has 1 aliphatic carbocycles. The minimum atomic E-state index is -3.45. The third-order valence-electron chi connectivity index (χ3n) is 4.55. The van der Waals surface area contributed by atoms with E-state index in [0.29, 0.717) is 31.1 Å². The van der Waals surface area contributed by atoms with Crippen molar-refractivity contribution in [2.45, 2.75) is 24.2 Å². The van der Waals surface area contributed by atoms with Gasteiger partial charge in [-0.3, -0.25) is 4.79 Å². The maximum atomic E-state index is 12.6. The topological polar surface area (TPSA) is 57.7 Å². The van der Waals surface area contributed by atoms with Crippen molar-refractivity contribution in [3.63, 3.8) is 0 Å². The van der Waals surface area contributed by atoms with Crippen LogP contribution in [0.15, 0.2) is 47.4 Å². The molecule has 1 unspecified atom stereocenters. The van der Waals surface area contributed by atoms with Gasteiger partial charge in [0.15, 0.2) is 0 Å². The van der Waals surface area contributed by atoms with Crippen LogP contribution in [0.3, 0.4) is 0 Å². The Bertz CT molecular complexity index is 677. The highest BCUT2D eigenvalue weighted by molar-refractivity contribution is 7.89. The summed E-state index contributed by atoms with van der Waals surface area (Å²) in [5, 5.41) is 0. The highest BCUT2D eigenvalue weighted by Crippen LogP contribution is 2.23. The smallest absolute Gasteiger partial charge is 0.243 e. The van der Waals surface area contributed by atoms with Crippen LogP contribution < -0.4 is 0 Å². The highest BCUT2D eigenvalue weighted by Gasteiger charge is 2.32. The standard InChI is InChI=1S/C17H22N2O3S/c20-17(15-7-3-1-4-8-15)18-11-13-19(14-12-18)23(21,22)16-9-5-2-6-10-16/h1-3,5-6,9-10,15H,4,7-8,11-14H2. The maximum Gasteiger partial charge on any atom is 0.243 e. The van der Waals surface area contributed by atoms with E-state index < -0.39 is 10.0 Å². The molecule has 1 aliphatic heterocycles. The number of hydrogen-bond acceptors (Lipinski definition) is 3. The molecule has 2 aliphatic rings. The van der Waals surface area contributed by atoms with Crippen LogP contribution in [0.4, 0.5) is 0 Å². The summed E-state index contributed by atoms with van der Waals surface area (Å²) in [6.45, 7) is 1.69. The second-order valence-corrected chi connectivity index (χ2v) is 7.96. The molecule has 1 amide bonds. The minimum absolute atomic E-state index is 0.0669. The largest absolute Gasteiger partial charge is 0.340 e. The minimum Gasteiger partial charge on any atom is -0.340 e. The number of amides is 1. The number of benzene rings is 1. The summed E-state index contributed by atoms with van der Waals surface area (Å²) >= 11 is 0. The van der Waals surface area contributed by atoms with Crippen molar-refractivity contribution in [2.24, 2.45) is 5.92 Å². The second-order valence-electron chi connectivity index (χ2n) is 6.02. The zero-order valence-corrected chi connectivity index (χ0v) is 13.9. The molecule has 1 fully saturated rings. The Morgan fingerprint density at radius 3 is 2.30 bits per heavy atom. The van der Waals surface area contributed by atoms with E-state index in [0.717, 1.165) is 19.3 Å². The van der Waals surface area contributed by atoms with Crippen molar-refractivity contribution >= 4 is 15.9 Å². The van der Waals surface area contributed by atoms with Crippen molar-refractivity contribution in [3.05, 3.63) is 42.5 Å². The lowest BCUT2D eigenvalue weighted by Gasteiger charge is -2.36. The first-order chi connectivity index (χ1) is 11.1. The van der Waals surface area contributed by atoms with Crippen LogP contribution in [0.25, 0.3) is 0 Å². The van der Waals surface area contributed by atoms with E-state index in [-0.39, 0.29) is 11.8 Å². The van der Waals surface area contributed by atoms with Gasteiger partial charge in [-0.15, -0.1) is 0 Å². The van der Waals surface area contributed by atoms with Gasteiger partial charge in [0, 0.05) is 32.1 Å². The van der Waals surface area contributed by atoms with Crippen LogP contribution in [0.5, 0.6) is 0 Å². The summed E-state index contributed by atoms with van der Waals surface area (Å²) in [5.41, 5.74) is 0. The van der Waals surface area contributed by atoms with Gasteiger partial charge in [0.1, 0.15) is 0 Å². The van der Waals surface area contributed by atoms with Gasteiger partial charge in [-0.25, -0.2) is 8.42 Å². The van der Waals surface area contributed by atoms with Gasteiger partial charge in [0.25, 0.3) is 0 Å². The number of allylic oxidation sites excluding steroid dienone is 2. The lowest BCUT2D eigenvalue weighted by molar-refractivity contribution is -0.137. The molecule has 0 spiro atoms. The Morgan fingerprint density at radius 2 is 1.70 bits per heavy atom. The first kappa shape index (κ1) is 16.2. The van der Waals surface area contributed by atoms with E-state index in [2.05, 4.69) is 12.2 Å². The Balaban J connectivity index is 1.62. The summed E-state index contributed by atoms with van der Waals surface area (Å²) in [6, 6.07) is 8.48. The Kier molecular flexibility index (Phi) is 4.82. The predicted molar refractivity (Wildman–Crippen MR) is 88.3 cm³/mol. The molecule has 1 aromatic rings. The fourth-order valence-electron chi connectivity index (χ4n) is 3.17. The molecular formula is C17H22N2O3S. The van der Waals surface area contributed by atoms with E-state index in [1.807, 2.05) is 4.90 Å². The van der Waals surface area contributed by atoms with Gasteiger partial charge in [-0.2, -0.15) is 4.31 Å². The fraction of sp³-hybridized carbons (Fsp3) is 0.471. The summed E-state index contributed by atoms with van der Waals surface area (Å²) in [6.07, 6.45) is 6.86. The monoisotopic (exact) mass is 334 g/mol. The van der Waals surface area contributed by atoms with Crippen LogP contribution in [0, 0.1) is 5.92 Å². The van der Waals surface area contributed by atoms with Gasteiger partial charge in [0.2, 0.25) is 15.9 Å². The van der Waals surface area contributed by atoms with Gasteiger partial charge in [-0.05, 0) is 31.4 Å².